The number of halogens is 1. The van der Waals surface area contributed by atoms with E-state index in [1.165, 1.54) is 19.2 Å². The first-order valence-electron chi connectivity index (χ1n) is 4.44. The zero-order valence-corrected chi connectivity index (χ0v) is 9.42. The largest absolute Gasteiger partial charge is 0.507 e. The molecule has 1 aromatic rings. The summed E-state index contributed by atoms with van der Waals surface area (Å²) in [6.07, 6.45) is 0. The molecule has 3 N–H and O–H groups in total. The van der Waals surface area contributed by atoms with E-state index in [0.717, 1.165) is 11.0 Å². The molecule has 0 bridgehead atoms. The van der Waals surface area contributed by atoms with Gasteiger partial charge in [0.15, 0.2) is 0 Å². The topological polar surface area (TPSA) is 66.6 Å². The number of thiocarbonyl (C=S) groups is 1. The van der Waals surface area contributed by atoms with E-state index >= 15 is 0 Å². The van der Waals surface area contributed by atoms with Gasteiger partial charge in [-0.15, -0.1) is 0 Å². The maximum atomic E-state index is 13.3. The summed E-state index contributed by atoms with van der Waals surface area (Å²) in [6.45, 7) is 0.0297. The average molecular weight is 242 g/mol. The number of nitrogens with zero attached hydrogens (tertiary/aromatic N) is 1. The van der Waals surface area contributed by atoms with Gasteiger partial charge in [-0.05, 0) is 12.1 Å². The summed E-state index contributed by atoms with van der Waals surface area (Å²) in [5.41, 5.74) is 4.89. The molecular weight excluding hydrogens is 231 g/mol. The molecule has 1 rings (SSSR count). The first-order valence-corrected chi connectivity index (χ1v) is 4.85. The van der Waals surface area contributed by atoms with E-state index in [9.17, 15) is 14.3 Å². The second-order valence-electron chi connectivity index (χ2n) is 3.26. The van der Waals surface area contributed by atoms with Gasteiger partial charge in [-0.25, -0.2) is 4.39 Å². The first kappa shape index (κ1) is 12.4. The third-order valence-electron chi connectivity index (χ3n) is 1.95. The number of rotatable bonds is 3. The molecule has 0 saturated carbocycles. The first-order chi connectivity index (χ1) is 7.43. The highest BCUT2D eigenvalue weighted by Gasteiger charge is 2.20. The van der Waals surface area contributed by atoms with Gasteiger partial charge in [0, 0.05) is 7.05 Å². The number of amides is 1. The van der Waals surface area contributed by atoms with Crippen LogP contribution in [0.3, 0.4) is 0 Å². The minimum Gasteiger partial charge on any atom is -0.507 e. The third kappa shape index (κ3) is 2.66. The number of hydrogen-bond donors (Lipinski definition) is 2. The predicted molar refractivity (Wildman–Crippen MR) is 61.8 cm³/mol. The highest BCUT2D eigenvalue weighted by Crippen LogP contribution is 2.21. The summed E-state index contributed by atoms with van der Waals surface area (Å²) in [5, 5.41) is 9.39. The molecule has 1 aromatic carbocycles. The van der Waals surface area contributed by atoms with E-state index in [1.807, 2.05) is 0 Å². The summed E-state index contributed by atoms with van der Waals surface area (Å²) in [5.74, 6) is -1.84. The van der Waals surface area contributed by atoms with Crippen LogP contribution in [-0.2, 0) is 0 Å². The molecule has 0 aromatic heterocycles. The predicted octanol–water partition coefficient (Wildman–Crippen LogP) is 0.889. The number of benzene rings is 1. The Balaban J connectivity index is 3.00. The molecule has 4 nitrogen and oxygen atoms in total. The van der Waals surface area contributed by atoms with Crippen molar-refractivity contribution in [2.75, 3.05) is 13.6 Å². The van der Waals surface area contributed by atoms with Gasteiger partial charge in [-0.3, -0.25) is 4.79 Å². The lowest BCUT2D eigenvalue weighted by Crippen LogP contribution is -2.34. The van der Waals surface area contributed by atoms with Gasteiger partial charge in [-0.1, -0.05) is 18.3 Å². The lowest BCUT2D eigenvalue weighted by Gasteiger charge is -2.17. The molecule has 0 aliphatic carbocycles. The normalized spacial score (nSPS) is 9.88. The molecule has 1 amide bonds. The lowest BCUT2D eigenvalue weighted by atomic mass is 10.1. The highest BCUT2D eigenvalue weighted by atomic mass is 32.1. The maximum absolute atomic E-state index is 13.3. The van der Waals surface area contributed by atoms with Crippen LogP contribution in [0, 0.1) is 5.82 Å². The van der Waals surface area contributed by atoms with Gasteiger partial charge in [0.2, 0.25) is 0 Å². The fourth-order valence-corrected chi connectivity index (χ4v) is 1.41. The molecule has 0 aliphatic rings. The molecule has 0 atom stereocenters. The van der Waals surface area contributed by atoms with Crippen molar-refractivity contribution in [3.05, 3.63) is 29.6 Å². The fraction of sp³-hybridized carbons (Fsp3) is 0.200. The maximum Gasteiger partial charge on any atom is 0.260 e. The Morgan fingerprint density at radius 1 is 1.62 bits per heavy atom. The molecule has 0 unspecified atom stereocenters. The summed E-state index contributed by atoms with van der Waals surface area (Å²) in [7, 11) is 1.42. The van der Waals surface area contributed by atoms with Crippen molar-refractivity contribution in [2.45, 2.75) is 0 Å². The van der Waals surface area contributed by atoms with Crippen molar-refractivity contribution in [3.8, 4) is 5.75 Å². The molecular formula is C10H11FN2O2S. The number of phenolic OH excluding ortho intramolecular Hbond substituents is 1. The standard InChI is InChI=1S/C10H11FN2O2S/c1-13(5-8(12)16)10(15)9-6(11)3-2-4-7(9)14/h2-4,14H,5H2,1H3,(H2,12,16). The van der Waals surface area contributed by atoms with E-state index in [2.05, 4.69) is 12.2 Å². The van der Waals surface area contributed by atoms with Gasteiger partial charge in [0.05, 0.1) is 11.5 Å². The van der Waals surface area contributed by atoms with Crippen molar-refractivity contribution >= 4 is 23.1 Å². The zero-order chi connectivity index (χ0) is 12.3. The summed E-state index contributed by atoms with van der Waals surface area (Å²) in [4.78, 5) is 13.0. The van der Waals surface area contributed by atoms with Gasteiger partial charge in [0.25, 0.3) is 5.91 Å². The molecule has 6 heteroatoms. The van der Waals surface area contributed by atoms with Crippen LogP contribution in [0.5, 0.6) is 5.75 Å². The van der Waals surface area contributed by atoms with Gasteiger partial charge < -0.3 is 15.7 Å². The Kier molecular flexibility index (Phi) is 3.78. The number of hydrogen-bond acceptors (Lipinski definition) is 3. The number of carbonyl (C=O) groups is 1. The molecule has 0 saturated heterocycles. The van der Waals surface area contributed by atoms with Crippen LogP contribution in [-0.4, -0.2) is 34.5 Å². The van der Waals surface area contributed by atoms with E-state index in [0.29, 0.717) is 0 Å². The van der Waals surface area contributed by atoms with Crippen molar-refractivity contribution in [3.63, 3.8) is 0 Å². The van der Waals surface area contributed by atoms with Gasteiger partial charge in [-0.2, -0.15) is 0 Å². The SMILES string of the molecule is CN(CC(N)=S)C(=O)c1c(O)cccc1F. The van der Waals surface area contributed by atoms with Crippen LogP contribution in [0.1, 0.15) is 10.4 Å². The van der Waals surface area contributed by atoms with Crippen LogP contribution in [0.25, 0.3) is 0 Å². The minimum absolute atomic E-state index is 0.0297. The van der Waals surface area contributed by atoms with Gasteiger partial charge in [0.1, 0.15) is 17.1 Å². The molecule has 0 heterocycles. The Hall–Kier alpha value is -1.69. The van der Waals surface area contributed by atoms with Crippen LogP contribution in [0.15, 0.2) is 18.2 Å². The van der Waals surface area contributed by atoms with Gasteiger partial charge >= 0.3 is 0 Å². The molecule has 0 fully saturated rings. The molecule has 86 valence electrons. The van der Waals surface area contributed by atoms with Crippen molar-refractivity contribution in [1.29, 1.82) is 0 Å². The minimum atomic E-state index is -0.778. The number of nitrogens with two attached hydrogens (primary N) is 1. The fourth-order valence-electron chi connectivity index (χ4n) is 1.22. The second kappa shape index (κ2) is 4.89. The van der Waals surface area contributed by atoms with E-state index in [1.54, 1.807) is 0 Å². The van der Waals surface area contributed by atoms with Crippen LogP contribution in [0.4, 0.5) is 4.39 Å². The van der Waals surface area contributed by atoms with Crippen LogP contribution in [0.2, 0.25) is 0 Å². The Morgan fingerprint density at radius 2 is 2.25 bits per heavy atom. The Labute approximate surface area is 97.5 Å². The highest BCUT2D eigenvalue weighted by molar-refractivity contribution is 7.80. The third-order valence-corrected chi connectivity index (χ3v) is 2.07. The molecule has 0 aliphatic heterocycles. The van der Waals surface area contributed by atoms with E-state index in [4.69, 9.17) is 5.73 Å². The van der Waals surface area contributed by atoms with Crippen molar-refractivity contribution < 1.29 is 14.3 Å². The Bertz CT molecular complexity index is 417. The van der Waals surface area contributed by atoms with Crippen LogP contribution < -0.4 is 5.73 Å². The van der Waals surface area contributed by atoms with Crippen molar-refractivity contribution in [1.82, 2.24) is 4.90 Å². The number of aromatic hydroxyl groups is 1. The number of phenols is 1. The lowest BCUT2D eigenvalue weighted by molar-refractivity contribution is 0.0807. The summed E-state index contributed by atoms with van der Waals surface area (Å²) >= 11 is 4.63. The quantitative estimate of drug-likeness (QED) is 0.772. The van der Waals surface area contributed by atoms with Crippen LogP contribution >= 0.6 is 12.2 Å². The smallest absolute Gasteiger partial charge is 0.260 e. The van der Waals surface area contributed by atoms with Crippen molar-refractivity contribution in [2.24, 2.45) is 5.73 Å². The Morgan fingerprint density at radius 3 is 2.75 bits per heavy atom. The number of likely N-dealkylation sites (N-methyl/N-ethyl adjacent to an activating group) is 1. The summed E-state index contributed by atoms with van der Waals surface area (Å²) in [6, 6.07) is 3.65. The molecule has 0 radical (unpaired) electrons. The second-order valence-corrected chi connectivity index (χ2v) is 3.79. The molecule has 16 heavy (non-hydrogen) atoms. The summed E-state index contributed by atoms with van der Waals surface area (Å²) < 4.78 is 13.3. The zero-order valence-electron chi connectivity index (χ0n) is 8.61. The molecule has 0 spiro atoms. The average Bonchev–Trinajstić information content (AvgIpc) is 2.16. The monoisotopic (exact) mass is 242 g/mol. The van der Waals surface area contributed by atoms with E-state index < -0.39 is 17.5 Å². The van der Waals surface area contributed by atoms with E-state index in [-0.39, 0.29) is 17.1 Å². The number of carbonyl (C=O) groups excluding carboxylic acids is 1.